The highest BCUT2D eigenvalue weighted by Gasteiger charge is 2.36. The fourth-order valence-electron chi connectivity index (χ4n) is 3.22. The van der Waals surface area contributed by atoms with E-state index in [1.807, 2.05) is 6.07 Å². The summed E-state index contributed by atoms with van der Waals surface area (Å²) < 4.78 is 5.71. The summed E-state index contributed by atoms with van der Waals surface area (Å²) in [6, 6.07) is 6.25. The average Bonchev–Trinajstić information content (AvgIpc) is 2.94. The zero-order valence-electron chi connectivity index (χ0n) is 10.6. The minimum absolute atomic E-state index is 0.254. The van der Waals surface area contributed by atoms with Crippen LogP contribution in [-0.2, 0) is 16.8 Å². The van der Waals surface area contributed by atoms with Gasteiger partial charge in [-0.05, 0) is 43.0 Å². The zero-order valence-corrected chi connectivity index (χ0v) is 10.6. The minimum Gasteiger partial charge on any atom is -0.490 e. The van der Waals surface area contributed by atoms with Gasteiger partial charge in [0.1, 0.15) is 11.9 Å². The van der Waals surface area contributed by atoms with Crippen LogP contribution in [0.4, 0.5) is 0 Å². The number of ether oxygens (including phenoxy) is 1. The highest BCUT2D eigenvalue weighted by Crippen LogP contribution is 2.44. The van der Waals surface area contributed by atoms with Crippen LogP contribution in [0.1, 0.15) is 43.7 Å². The van der Waals surface area contributed by atoms with Gasteiger partial charge in [-0.1, -0.05) is 18.9 Å². The standard InChI is InChI=1S/C15H17NO2/c1-11-8-12-9-13(4-5-14(12)18-11)15(16-10-17)6-2-3-7-15/h4-5,9,11H,2-3,6-8H2,1H3. The van der Waals surface area contributed by atoms with Crippen molar-refractivity contribution in [3.8, 4) is 5.75 Å². The molecule has 1 fully saturated rings. The third-order valence-electron chi connectivity index (χ3n) is 4.12. The third kappa shape index (κ3) is 1.75. The van der Waals surface area contributed by atoms with Gasteiger partial charge in [-0.25, -0.2) is 4.79 Å². The highest BCUT2D eigenvalue weighted by atomic mass is 16.5. The Morgan fingerprint density at radius 3 is 2.89 bits per heavy atom. The lowest BCUT2D eigenvalue weighted by Crippen LogP contribution is -2.18. The monoisotopic (exact) mass is 243 g/mol. The lowest BCUT2D eigenvalue weighted by Gasteiger charge is -2.23. The van der Waals surface area contributed by atoms with E-state index in [1.165, 1.54) is 5.56 Å². The molecule has 1 unspecified atom stereocenters. The second-order valence-electron chi connectivity index (χ2n) is 5.40. The van der Waals surface area contributed by atoms with Gasteiger partial charge >= 0.3 is 0 Å². The molecule has 0 saturated heterocycles. The number of carbonyl (C=O) groups excluding carboxylic acids is 1. The number of hydrogen-bond donors (Lipinski definition) is 0. The largest absolute Gasteiger partial charge is 0.490 e. The summed E-state index contributed by atoms with van der Waals surface area (Å²) in [5.74, 6) is 0.981. The predicted molar refractivity (Wildman–Crippen MR) is 68.5 cm³/mol. The molecule has 1 aliphatic carbocycles. The second kappa shape index (κ2) is 4.25. The molecule has 1 saturated carbocycles. The van der Waals surface area contributed by atoms with Crippen LogP contribution in [0.2, 0.25) is 0 Å². The van der Waals surface area contributed by atoms with E-state index in [-0.39, 0.29) is 11.6 Å². The van der Waals surface area contributed by atoms with Gasteiger partial charge in [0.15, 0.2) is 0 Å². The highest BCUT2D eigenvalue weighted by molar-refractivity contribution is 5.45. The van der Waals surface area contributed by atoms with Crippen molar-refractivity contribution in [2.24, 2.45) is 4.99 Å². The second-order valence-corrected chi connectivity index (χ2v) is 5.40. The van der Waals surface area contributed by atoms with E-state index in [1.54, 1.807) is 6.08 Å². The van der Waals surface area contributed by atoms with Crippen LogP contribution < -0.4 is 4.74 Å². The van der Waals surface area contributed by atoms with E-state index < -0.39 is 0 Å². The number of isocyanates is 1. The molecule has 0 bridgehead atoms. The molecule has 3 heteroatoms. The molecule has 0 spiro atoms. The van der Waals surface area contributed by atoms with Crippen molar-refractivity contribution in [3.63, 3.8) is 0 Å². The summed E-state index contributed by atoms with van der Waals surface area (Å²) in [5, 5.41) is 0. The van der Waals surface area contributed by atoms with Gasteiger partial charge in [0.05, 0.1) is 5.54 Å². The first kappa shape index (κ1) is 11.5. The van der Waals surface area contributed by atoms with Crippen LogP contribution in [0, 0.1) is 0 Å². The summed E-state index contributed by atoms with van der Waals surface area (Å²) in [6.45, 7) is 2.08. The van der Waals surface area contributed by atoms with E-state index in [9.17, 15) is 4.79 Å². The molecule has 3 nitrogen and oxygen atoms in total. The summed E-state index contributed by atoms with van der Waals surface area (Å²) in [4.78, 5) is 14.8. The van der Waals surface area contributed by atoms with E-state index >= 15 is 0 Å². The zero-order chi connectivity index (χ0) is 12.6. The fourth-order valence-corrected chi connectivity index (χ4v) is 3.22. The van der Waals surface area contributed by atoms with Gasteiger partial charge < -0.3 is 4.74 Å². The van der Waals surface area contributed by atoms with Crippen LogP contribution in [-0.4, -0.2) is 12.2 Å². The maximum atomic E-state index is 10.7. The third-order valence-corrected chi connectivity index (χ3v) is 4.12. The molecule has 0 N–H and O–H groups in total. The number of fused-ring (bicyclic) bond motifs is 1. The lowest BCUT2D eigenvalue weighted by atomic mass is 9.87. The Kier molecular flexibility index (Phi) is 2.71. The van der Waals surface area contributed by atoms with Crippen LogP contribution in [0.3, 0.4) is 0 Å². The van der Waals surface area contributed by atoms with Gasteiger partial charge in [0.25, 0.3) is 0 Å². The van der Waals surface area contributed by atoms with Crippen molar-refractivity contribution in [1.82, 2.24) is 0 Å². The molecule has 1 atom stereocenters. The summed E-state index contributed by atoms with van der Waals surface area (Å²) in [7, 11) is 0. The molecule has 2 aliphatic rings. The van der Waals surface area contributed by atoms with Crippen LogP contribution in [0.25, 0.3) is 0 Å². The number of nitrogens with zero attached hydrogens (tertiary/aromatic N) is 1. The van der Waals surface area contributed by atoms with Gasteiger partial charge in [-0.3, -0.25) is 0 Å². The summed E-state index contributed by atoms with van der Waals surface area (Å²) in [5.41, 5.74) is 2.08. The van der Waals surface area contributed by atoms with Crippen molar-refractivity contribution < 1.29 is 9.53 Å². The molecule has 18 heavy (non-hydrogen) atoms. The summed E-state index contributed by atoms with van der Waals surface area (Å²) >= 11 is 0. The first-order valence-electron chi connectivity index (χ1n) is 6.63. The van der Waals surface area contributed by atoms with E-state index in [4.69, 9.17) is 4.74 Å². The molecule has 1 aliphatic heterocycles. The Balaban J connectivity index is 2.02. The molecule has 0 amide bonds. The normalized spacial score (nSPS) is 24.2. The maximum absolute atomic E-state index is 10.7. The Bertz CT molecular complexity index is 511. The van der Waals surface area contributed by atoms with Crippen molar-refractivity contribution >= 4 is 6.08 Å². The molecule has 3 rings (SSSR count). The first-order valence-corrected chi connectivity index (χ1v) is 6.63. The molecular weight excluding hydrogens is 226 g/mol. The number of benzene rings is 1. The smallest absolute Gasteiger partial charge is 0.235 e. The van der Waals surface area contributed by atoms with Crippen molar-refractivity contribution in [2.45, 2.75) is 50.7 Å². The molecule has 0 radical (unpaired) electrons. The number of aliphatic imine (C=N–C) groups is 1. The first-order chi connectivity index (χ1) is 8.73. The fraction of sp³-hybridized carbons (Fsp3) is 0.533. The van der Waals surface area contributed by atoms with Crippen molar-refractivity contribution in [3.05, 3.63) is 29.3 Å². The van der Waals surface area contributed by atoms with E-state index in [0.717, 1.165) is 43.4 Å². The Hall–Kier alpha value is -1.60. The van der Waals surface area contributed by atoms with Crippen LogP contribution >= 0.6 is 0 Å². The van der Waals surface area contributed by atoms with E-state index in [2.05, 4.69) is 24.0 Å². The quantitative estimate of drug-likeness (QED) is 0.591. The number of rotatable bonds is 2. The summed E-state index contributed by atoms with van der Waals surface area (Å²) in [6.07, 6.45) is 7.15. The van der Waals surface area contributed by atoms with Gasteiger partial charge in [-0.2, -0.15) is 4.99 Å². The Morgan fingerprint density at radius 1 is 1.39 bits per heavy atom. The van der Waals surface area contributed by atoms with Gasteiger partial charge in [0, 0.05) is 6.42 Å². The molecule has 1 aromatic rings. The van der Waals surface area contributed by atoms with Crippen molar-refractivity contribution in [2.75, 3.05) is 0 Å². The molecule has 0 aromatic heterocycles. The van der Waals surface area contributed by atoms with Crippen LogP contribution in [0.15, 0.2) is 23.2 Å². The minimum atomic E-state index is -0.317. The molecule has 1 heterocycles. The van der Waals surface area contributed by atoms with E-state index in [0.29, 0.717) is 0 Å². The molecular formula is C15H17NO2. The Labute approximate surface area is 107 Å². The van der Waals surface area contributed by atoms with Gasteiger partial charge in [0.2, 0.25) is 6.08 Å². The SMILES string of the molecule is CC1Cc2cc(C3(N=C=O)CCCC3)ccc2O1. The van der Waals surface area contributed by atoms with Gasteiger partial charge in [-0.15, -0.1) is 0 Å². The predicted octanol–water partition coefficient (Wildman–Crippen LogP) is 3.12. The lowest BCUT2D eigenvalue weighted by molar-refractivity contribution is 0.254. The maximum Gasteiger partial charge on any atom is 0.235 e. The topological polar surface area (TPSA) is 38.7 Å². The number of hydrogen-bond acceptors (Lipinski definition) is 3. The molecule has 1 aromatic carbocycles. The Morgan fingerprint density at radius 2 is 2.17 bits per heavy atom. The van der Waals surface area contributed by atoms with Crippen LogP contribution in [0.5, 0.6) is 5.75 Å². The molecule has 94 valence electrons. The van der Waals surface area contributed by atoms with Crippen molar-refractivity contribution in [1.29, 1.82) is 0 Å². The average molecular weight is 243 g/mol.